The molecule has 0 saturated heterocycles. The zero-order valence-electron chi connectivity index (χ0n) is 11.6. The summed E-state index contributed by atoms with van der Waals surface area (Å²) in [6.45, 7) is 3.57. The Morgan fingerprint density at radius 2 is 2.14 bits per heavy atom. The quantitative estimate of drug-likeness (QED) is 0.891. The minimum absolute atomic E-state index is 0.184. The van der Waals surface area contributed by atoms with Crippen LogP contribution in [0.1, 0.15) is 25.5 Å². The minimum atomic E-state index is -0.857. The number of aromatic nitrogens is 2. The normalized spacial score (nSPS) is 10.7. The Hall–Kier alpha value is -2.44. The molecule has 1 aromatic carbocycles. The molecule has 2 N–H and O–H groups in total. The third kappa shape index (κ3) is 4.01. The summed E-state index contributed by atoms with van der Waals surface area (Å²) in [5.74, 6) is -1.61. The number of nitrogens with zero attached hydrogens (tertiary/aromatic N) is 1. The standard InChI is InChI=1S/C14H15F2N3O2/c1-8(2)11-6-13(19-18-11)17-14(20)7-21-12-4-3-9(15)5-10(12)16/h3-6,8H,7H2,1-2H3,(H2,17,18,19,20). The lowest BCUT2D eigenvalue weighted by molar-refractivity contribution is -0.118. The van der Waals surface area contributed by atoms with E-state index in [1.807, 2.05) is 13.8 Å². The largest absolute Gasteiger partial charge is 0.481 e. The maximum Gasteiger partial charge on any atom is 0.263 e. The van der Waals surface area contributed by atoms with E-state index in [1.165, 1.54) is 0 Å². The fourth-order valence-electron chi connectivity index (χ4n) is 1.61. The van der Waals surface area contributed by atoms with Crippen LogP contribution in [0.3, 0.4) is 0 Å². The molecule has 1 amide bonds. The van der Waals surface area contributed by atoms with Crippen LogP contribution in [-0.2, 0) is 4.79 Å². The Bertz CT molecular complexity index is 641. The number of carbonyl (C=O) groups is 1. The SMILES string of the molecule is CC(C)c1cc(NC(=O)COc2ccc(F)cc2F)n[nH]1. The van der Waals surface area contributed by atoms with Crippen molar-refractivity contribution < 1.29 is 18.3 Å². The molecule has 0 bridgehead atoms. The number of ether oxygens (including phenoxy) is 1. The van der Waals surface area contributed by atoms with Crippen LogP contribution in [0.5, 0.6) is 5.75 Å². The summed E-state index contributed by atoms with van der Waals surface area (Å²) in [6, 6.07) is 4.58. The molecule has 7 heteroatoms. The molecule has 0 atom stereocenters. The number of H-pyrrole nitrogens is 1. The zero-order valence-corrected chi connectivity index (χ0v) is 11.6. The van der Waals surface area contributed by atoms with Crippen molar-refractivity contribution in [3.05, 3.63) is 41.6 Å². The Morgan fingerprint density at radius 1 is 1.38 bits per heavy atom. The van der Waals surface area contributed by atoms with Crippen LogP contribution in [0.15, 0.2) is 24.3 Å². The van der Waals surface area contributed by atoms with E-state index in [2.05, 4.69) is 15.5 Å². The van der Waals surface area contributed by atoms with Gasteiger partial charge in [-0.3, -0.25) is 9.89 Å². The summed E-state index contributed by atoms with van der Waals surface area (Å²) in [5.41, 5.74) is 0.885. The first kappa shape index (κ1) is 15.0. The van der Waals surface area contributed by atoms with Gasteiger partial charge in [-0.15, -0.1) is 0 Å². The second-order valence-electron chi connectivity index (χ2n) is 4.77. The number of aromatic amines is 1. The number of rotatable bonds is 5. The number of nitrogens with one attached hydrogen (secondary N) is 2. The zero-order chi connectivity index (χ0) is 15.4. The molecule has 0 radical (unpaired) electrons. The van der Waals surface area contributed by atoms with Crippen LogP contribution in [0.25, 0.3) is 0 Å². The Morgan fingerprint density at radius 3 is 2.76 bits per heavy atom. The molecule has 0 aliphatic heterocycles. The van der Waals surface area contributed by atoms with Crippen molar-refractivity contribution in [2.75, 3.05) is 11.9 Å². The van der Waals surface area contributed by atoms with E-state index >= 15 is 0 Å². The minimum Gasteiger partial charge on any atom is -0.481 e. The molecule has 2 rings (SSSR count). The van der Waals surface area contributed by atoms with Crippen LogP contribution in [0.4, 0.5) is 14.6 Å². The van der Waals surface area contributed by atoms with Crippen LogP contribution >= 0.6 is 0 Å². The Kier molecular flexibility index (Phi) is 4.52. The van der Waals surface area contributed by atoms with Gasteiger partial charge in [-0.2, -0.15) is 5.10 Å². The summed E-state index contributed by atoms with van der Waals surface area (Å²) in [6.07, 6.45) is 0. The van der Waals surface area contributed by atoms with Crippen LogP contribution < -0.4 is 10.1 Å². The molecule has 1 heterocycles. The van der Waals surface area contributed by atoms with E-state index in [1.54, 1.807) is 6.07 Å². The molecule has 0 aliphatic rings. The number of anilines is 1. The van der Waals surface area contributed by atoms with Gasteiger partial charge in [0.2, 0.25) is 0 Å². The highest BCUT2D eigenvalue weighted by molar-refractivity contribution is 5.90. The van der Waals surface area contributed by atoms with Gasteiger partial charge >= 0.3 is 0 Å². The molecule has 21 heavy (non-hydrogen) atoms. The number of halogens is 2. The van der Waals surface area contributed by atoms with E-state index in [-0.39, 0.29) is 11.7 Å². The highest BCUT2D eigenvalue weighted by atomic mass is 19.1. The summed E-state index contributed by atoms with van der Waals surface area (Å²) >= 11 is 0. The molecule has 0 unspecified atom stereocenters. The number of benzene rings is 1. The molecule has 5 nitrogen and oxygen atoms in total. The van der Waals surface area contributed by atoms with E-state index in [9.17, 15) is 13.6 Å². The van der Waals surface area contributed by atoms with Gasteiger partial charge in [0, 0.05) is 17.8 Å². The molecule has 0 saturated carbocycles. The summed E-state index contributed by atoms with van der Waals surface area (Å²) in [5, 5.41) is 9.23. The summed E-state index contributed by atoms with van der Waals surface area (Å²) in [4.78, 5) is 11.7. The van der Waals surface area contributed by atoms with Crippen molar-refractivity contribution in [3.63, 3.8) is 0 Å². The van der Waals surface area contributed by atoms with Gasteiger partial charge in [-0.25, -0.2) is 8.78 Å². The predicted octanol–water partition coefficient (Wildman–Crippen LogP) is 2.83. The molecule has 0 fully saturated rings. The first-order valence-corrected chi connectivity index (χ1v) is 6.38. The van der Waals surface area contributed by atoms with Gasteiger partial charge in [0.15, 0.2) is 24.0 Å². The van der Waals surface area contributed by atoms with Crippen molar-refractivity contribution in [1.82, 2.24) is 10.2 Å². The maximum atomic E-state index is 13.3. The molecule has 0 spiro atoms. The highest BCUT2D eigenvalue weighted by Gasteiger charge is 2.10. The first-order chi connectivity index (χ1) is 9.95. The second-order valence-corrected chi connectivity index (χ2v) is 4.77. The van der Waals surface area contributed by atoms with E-state index in [0.29, 0.717) is 11.9 Å². The number of carbonyl (C=O) groups excluding carboxylic acids is 1. The van der Waals surface area contributed by atoms with E-state index in [0.717, 1.165) is 17.8 Å². The van der Waals surface area contributed by atoms with Gasteiger partial charge in [-0.05, 0) is 18.1 Å². The average Bonchev–Trinajstić information content (AvgIpc) is 2.86. The molecular weight excluding hydrogens is 280 g/mol. The second kappa shape index (κ2) is 6.34. The van der Waals surface area contributed by atoms with Crippen LogP contribution in [0, 0.1) is 11.6 Å². The third-order valence-corrected chi connectivity index (χ3v) is 2.74. The van der Waals surface area contributed by atoms with Gasteiger partial charge in [-0.1, -0.05) is 13.8 Å². The van der Waals surface area contributed by atoms with Crippen LogP contribution in [-0.4, -0.2) is 22.7 Å². The molecular formula is C14H15F2N3O2. The lowest BCUT2D eigenvalue weighted by atomic mass is 10.1. The van der Waals surface area contributed by atoms with Gasteiger partial charge < -0.3 is 10.1 Å². The Labute approximate surface area is 120 Å². The number of amides is 1. The Balaban J connectivity index is 1.89. The molecule has 2 aromatic rings. The fourth-order valence-corrected chi connectivity index (χ4v) is 1.61. The fraction of sp³-hybridized carbons (Fsp3) is 0.286. The van der Waals surface area contributed by atoms with Crippen molar-refractivity contribution >= 4 is 11.7 Å². The first-order valence-electron chi connectivity index (χ1n) is 6.38. The maximum absolute atomic E-state index is 13.3. The summed E-state index contributed by atoms with van der Waals surface area (Å²) < 4.78 is 31.0. The molecule has 0 aliphatic carbocycles. The van der Waals surface area contributed by atoms with Gasteiger partial charge in [0.25, 0.3) is 5.91 Å². The topological polar surface area (TPSA) is 67.0 Å². The van der Waals surface area contributed by atoms with Crippen molar-refractivity contribution in [2.45, 2.75) is 19.8 Å². The number of hydrogen-bond acceptors (Lipinski definition) is 3. The monoisotopic (exact) mass is 295 g/mol. The van der Waals surface area contributed by atoms with Gasteiger partial charge in [0.1, 0.15) is 5.82 Å². The lowest BCUT2D eigenvalue weighted by Gasteiger charge is -2.06. The third-order valence-electron chi connectivity index (χ3n) is 2.74. The average molecular weight is 295 g/mol. The predicted molar refractivity (Wildman–Crippen MR) is 73.2 cm³/mol. The van der Waals surface area contributed by atoms with E-state index < -0.39 is 24.1 Å². The van der Waals surface area contributed by atoms with Crippen molar-refractivity contribution in [3.8, 4) is 5.75 Å². The number of hydrogen-bond donors (Lipinski definition) is 2. The smallest absolute Gasteiger partial charge is 0.263 e. The highest BCUT2D eigenvalue weighted by Crippen LogP contribution is 2.18. The molecule has 1 aromatic heterocycles. The van der Waals surface area contributed by atoms with Crippen molar-refractivity contribution in [2.24, 2.45) is 0 Å². The van der Waals surface area contributed by atoms with Crippen LogP contribution in [0.2, 0.25) is 0 Å². The van der Waals surface area contributed by atoms with Crippen molar-refractivity contribution in [1.29, 1.82) is 0 Å². The summed E-state index contributed by atoms with van der Waals surface area (Å²) in [7, 11) is 0. The van der Waals surface area contributed by atoms with Gasteiger partial charge in [0.05, 0.1) is 0 Å². The molecule has 112 valence electrons. The van der Waals surface area contributed by atoms with E-state index in [4.69, 9.17) is 4.74 Å². The lowest BCUT2D eigenvalue weighted by Crippen LogP contribution is -2.20.